The molecule has 2 bridgehead atoms. The minimum absolute atomic E-state index is 0. The van der Waals surface area contributed by atoms with Crippen molar-refractivity contribution in [3.63, 3.8) is 0 Å². The zero-order chi connectivity index (χ0) is 18.5. The number of nitrogens with one attached hydrogen (secondary N) is 2. The molecule has 1 aromatic carbocycles. The average molecular weight is 507 g/mol. The monoisotopic (exact) mass is 506 g/mol. The van der Waals surface area contributed by atoms with Crippen LogP contribution in [0.5, 0.6) is 5.75 Å². The first-order chi connectivity index (χ1) is 12.5. The summed E-state index contributed by atoms with van der Waals surface area (Å²) in [5.74, 6) is 1.69. The Kier molecular flexibility index (Phi) is 8.95. The van der Waals surface area contributed by atoms with Crippen molar-refractivity contribution in [2.75, 3.05) is 20.6 Å². The van der Waals surface area contributed by atoms with Crippen molar-refractivity contribution in [1.82, 2.24) is 15.5 Å². The molecule has 5 nitrogen and oxygen atoms in total. The smallest absolute Gasteiger partial charge is 0.191 e. The lowest BCUT2D eigenvalue weighted by molar-refractivity contribution is 0.0526. The Balaban J connectivity index is 0.00000261. The van der Waals surface area contributed by atoms with Gasteiger partial charge in [-0.1, -0.05) is 18.0 Å². The van der Waals surface area contributed by atoms with Gasteiger partial charge in [-0.15, -0.1) is 24.0 Å². The third kappa shape index (κ3) is 6.39. The summed E-state index contributed by atoms with van der Waals surface area (Å²) in [4.78, 5) is 6.98. The molecular weight excluding hydrogens is 475 g/mol. The maximum absolute atomic E-state index is 5.92. The topological polar surface area (TPSA) is 48.9 Å². The second kappa shape index (κ2) is 10.7. The van der Waals surface area contributed by atoms with Gasteiger partial charge in [-0.05, 0) is 63.9 Å². The number of ether oxygens (including phenoxy) is 1. The standard InChI is InChI=1S/C20H31ClN4O.HI/c1-14(26-19-9-7-15(21)8-10-19)13-23-20(22-2)24-16-11-17-5-4-6-18(12-16)25(17)3;/h7-10,14,16-18H,4-6,11-13H2,1-3H3,(H2,22,23,24);1H. The molecule has 3 rings (SSSR count). The highest BCUT2D eigenvalue weighted by molar-refractivity contribution is 14.0. The Hall–Kier alpha value is -0.730. The van der Waals surface area contributed by atoms with Crippen LogP contribution in [0.15, 0.2) is 29.3 Å². The van der Waals surface area contributed by atoms with Crippen LogP contribution < -0.4 is 15.4 Å². The van der Waals surface area contributed by atoms with Gasteiger partial charge >= 0.3 is 0 Å². The Morgan fingerprint density at radius 2 is 1.89 bits per heavy atom. The zero-order valence-corrected chi connectivity index (χ0v) is 19.5. The van der Waals surface area contributed by atoms with Crippen molar-refractivity contribution in [3.05, 3.63) is 29.3 Å². The third-order valence-electron chi connectivity index (χ3n) is 5.61. The van der Waals surface area contributed by atoms with Gasteiger partial charge in [0.05, 0.1) is 6.54 Å². The molecule has 152 valence electrons. The Bertz CT molecular complexity index is 599. The number of fused-ring (bicyclic) bond motifs is 2. The van der Waals surface area contributed by atoms with Crippen LogP contribution in [-0.2, 0) is 0 Å². The quantitative estimate of drug-likeness (QED) is 0.361. The molecule has 0 spiro atoms. The highest BCUT2D eigenvalue weighted by Gasteiger charge is 2.36. The number of rotatable bonds is 5. The van der Waals surface area contributed by atoms with Crippen molar-refractivity contribution in [2.45, 2.75) is 63.3 Å². The number of hydrogen-bond donors (Lipinski definition) is 2. The van der Waals surface area contributed by atoms with E-state index in [4.69, 9.17) is 16.3 Å². The van der Waals surface area contributed by atoms with E-state index in [0.717, 1.165) is 16.7 Å². The van der Waals surface area contributed by atoms with E-state index in [1.54, 1.807) is 0 Å². The van der Waals surface area contributed by atoms with E-state index in [-0.39, 0.29) is 30.1 Å². The van der Waals surface area contributed by atoms with E-state index in [2.05, 4.69) is 34.5 Å². The van der Waals surface area contributed by atoms with Gasteiger partial charge in [-0.25, -0.2) is 0 Å². The highest BCUT2D eigenvalue weighted by Crippen LogP contribution is 2.32. The summed E-state index contributed by atoms with van der Waals surface area (Å²) >= 11 is 5.91. The van der Waals surface area contributed by atoms with Crippen LogP contribution in [0.4, 0.5) is 0 Å². The molecule has 2 N–H and O–H groups in total. The summed E-state index contributed by atoms with van der Waals surface area (Å²) in [6.45, 7) is 2.75. The number of piperidine rings is 2. The molecule has 0 saturated carbocycles. The molecule has 1 aromatic rings. The van der Waals surface area contributed by atoms with Gasteiger partial charge in [0.1, 0.15) is 11.9 Å². The Morgan fingerprint density at radius 1 is 1.26 bits per heavy atom. The van der Waals surface area contributed by atoms with Crippen molar-refractivity contribution in [1.29, 1.82) is 0 Å². The molecular formula is C20H32ClIN4O. The summed E-state index contributed by atoms with van der Waals surface area (Å²) in [6, 6.07) is 9.39. The predicted octanol–water partition coefficient (Wildman–Crippen LogP) is 3.91. The van der Waals surface area contributed by atoms with Gasteiger partial charge in [0.2, 0.25) is 0 Å². The summed E-state index contributed by atoms with van der Waals surface area (Å²) < 4.78 is 5.92. The Morgan fingerprint density at radius 3 is 2.48 bits per heavy atom. The molecule has 3 unspecified atom stereocenters. The Labute approximate surface area is 185 Å². The van der Waals surface area contributed by atoms with Crippen LogP contribution in [0, 0.1) is 0 Å². The summed E-state index contributed by atoms with van der Waals surface area (Å²) in [5.41, 5.74) is 0. The van der Waals surface area contributed by atoms with E-state index in [9.17, 15) is 0 Å². The lowest BCUT2D eigenvalue weighted by atomic mass is 9.82. The molecule has 2 fully saturated rings. The third-order valence-corrected chi connectivity index (χ3v) is 5.86. The number of guanidine groups is 1. The number of hydrogen-bond acceptors (Lipinski definition) is 3. The van der Waals surface area contributed by atoms with E-state index in [0.29, 0.717) is 24.7 Å². The van der Waals surface area contributed by atoms with Gasteiger partial charge in [0.25, 0.3) is 0 Å². The molecule has 27 heavy (non-hydrogen) atoms. The normalized spacial score (nSPS) is 26.7. The van der Waals surface area contributed by atoms with E-state index in [1.165, 1.54) is 32.1 Å². The molecule has 2 aliphatic rings. The van der Waals surface area contributed by atoms with E-state index in [1.807, 2.05) is 31.3 Å². The first kappa shape index (κ1) is 22.6. The van der Waals surface area contributed by atoms with Crippen LogP contribution in [0.2, 0.25) is 5.02 Å². The number of nitrogens with zero attached hydrogens (tertiary/aromatic N) is 2. The molecule has 0 aliphatic carbocycles. The molecule has 2 saturated heterocycles. The maximum Gasteiger partial charge on any atom is 0.191 e. The van der Waals surface area contributed by atoms with E-state index >= 15 is 0 Å². The summed E-state index contributed by atoms with van der Waals surface area (Å²) in [5, 5.41) is 7.74. The fourth-order valence-corrected chi connectivity index (χ4v) is 4.28. The second-order valence-electron chi connectivity index (χ2n) is 7.55. The highest BCUT2D eigenvalue weighted by atomic mass is 127. The van der Waals surface area contributed by atoms with Crippen LogP contribution in [-0.4, -0.2) is 55.7 Å². The molecule has 0 aromatic heterocycles. The largest absolute Gasteiger partial charge is 0.489 e. The first-order valence-electron chi connectivity index (χ1n) is 9.66. The molecule has 7 heteroatoms. The molecule has 2 aliphatic heterocycles. The minimum Gasteiger partial charge on any atom is -0.489 e. The lowest BCUT2D eigenvalue weighted by Gasteiger charge is -2.47. The zero-order valence-electron chi connectivity index (χ0n) is 16.5. The fourth-order valence-electron chi connectivity index (χ4n) is 4.15. The minimum atomic E-state index is 0. The van der Waals surface area contributed by atoms with Crippen molar-refractivity contribution < 1.29 is 4.74 Å². The van der Waals surface area contributed by atoms with Gasteiger partial charge < -0.3 is 20.3 Å². The SMILES string of the molecule is CN=C(NCC(C)Oc1ccc(Cl)cc1)NC1CC2CCCC(C1)N2C.I. The van der Waals surface area contributed by atoms with Gasteiger partial charge in [-0.3, -0.25) is 4.99 Å². The average Bonchev–Trinajstić information content (AvgIpc) is 2.61. The van der Waals surface area contributed by atoms with Crippen molar-refractivity contribution in [2.24, 2.45) is 4.99 Å². The molecule has 0 amide bonds. The van der Waals surface area contributed by atoms with Crippen molar-refractivity contribution in [3.8, 4) is 5.75 Å². The summed E-state index contributed by atoms with van der Waals surface area (Å²) in [6.07, 6.45) is 6.45. The van der Waals surface area contributed by atoms with Gasteiger partial charge in [-0.2, -0.15) is 0 Å². The summed E-state index contributed by atoms with van der Waals surface area (Å²) in [7, 11) is 4.11. The van der Waals surface area contributed by atoms with Crippen LogP contribution in [0.3, 0.4) is 0 Å². The van der Waals surface area contributed by atoms with Gasteiger partial charge in [0.15, 0.2) is 5.96 Å². The number of aliphatic imine (C=N–C) groups is 1. The number of benzene rings is 1. The maximum atomic E-state index is 5.92. The van der Waals surface area contributed by atoms with Crippen LogP contribution in [0.1, 0.15) is 39.0 Å². The molecule has 3 atom stereocenters. The number of halogens is 2. The molecule has 0 radical (unpaired) electrons. The lowest BCUT2D eigenvalue weighted by Crippen LogP contribution is -2.57. The van der Waals surface area contributed by atoms with Gasteiger partial charge in [0, 0.05) is 30.2 Å². The fraction of sp³-hybridized carbons (Fsp3) is 0.650. The van der Waals surface area contributed by atoms with Crippen LogP contribution >= 0.6 is 35.6 Å². The first-order valence-corrected chi connectivity index (χ1v) is 10.0. The second-order valence-corrected chi connectivity index (χ2v) is 7.99. The van der Waals surface area contributed by atoms with Crippen molar-refractivity contribution >= 4 is 41.5 Å². The molecule has 2 heterocycles. The predicted molar refractivity (Wildman–Crippen MR) is 124 cm³/mol. The van der Waals surface area contributed by atoms with E-state index < -0.39 is 0 Å². The van der Waals surface area contributed by atoms with Crippen LogP contribution in [0.25, 0.3) is 0 Å².